The zero-order valence-corrected chi connectivity index (χ0v) is 17.1. The lowest BCUT2D eigenvalue weighted by Crippen LogP contribution is -2.35. The van der Waals surface area contributed by atoms with Gasteiger partial charge in [-0.15, -0.1) is 10.2 Å². The normalized spacial score (nSPS) is 16.1. The first-order valence-corrected chi connectivity index (χ1v) is 11.0. The van der Waals surface area contributed by atoms with Gasteiger partial charge in [0.1, 0.15) is 0 Å². The maximum Gasteiger partial charge on any atom is 0.293 e. The van der Waals surface area contributed by atoms with Gasteiger partial charge in [-0.25, -0.2) is 0 Å². The molecule has 0 fully saturated rings. The van der Waals surface area contributed by atoms with Crippen LogP contribution in [0.2, 0.25) is 5.02 Å². The van der Waals surface area contributed by atoms with Crippen molar-refractivity contribution in [3.63, 3.8) is 0 Å². The van der Waals surface area contributed by atoms with Gasteiger partial charge >= 0.3 is 0 Å². The fraction of sp³-hybridized carbons (Fsp3) is 0.167. The topological polar surface area (TPSA) is 92.3 Å². The minimum atomic E-state index is -3.88. The lowest BCUT2D eigenvalue weighted by Gasteiger charge is -2.22. The van der Waals surface area contributed by atoms with Gasteiger partial charge < -0.3 is 0 Å². The average molecular weight is 435 g/mol. The Morgan fingerprint density at radius 2 is 1.89 bits per heavy atom. The second-order valence-electron chi connectivity index (χ2n) is 6.32. The quantitative estimate of drug-likeness (QED) is 0.633. The van der Waals surface area contributed by atoms with Gasteiger partial charge in [0, 0.05) is 16.6 Å². The van der Waals surface area contributed by atoms with Gasteiger partial charge in [-0.3, -0.25) is 14.4 Å². The SMILES string of the molecule is C[C@@H]1Cc2ccccc2N1S(=O)(=O)c1nnc(NC(=O)c2ccc(Cl)cc2)s1. The molecule has 1 atom stereocenters. The predicted molar refractivity (Wildman–Crippen MR) is 109 cm³/mol. The number of nitrogens with one attached hydrogen (secondary N) is 1. The summed E-state index contributed by atoms with van der Waals surface area (Å²) in [5.41, 5.74) is 2.00. The predicted octanol–water partition coefficient (Wildman–Crippen LogP) is 3.58. The fourth-order valence-corrected chi connectivity index (χ4v) is 5.92. The molecule has 1 aliphatic rings. The molecule has 3 aromatic rings. The van der Waals surface area contributed by atoms with E-state index in [4.69, 9.17) is 11.6 Å². The first-order chi connectivity index (χ1) is 13.4. The van der Waals surface area contributed by atoms with E-state index in [0.717, 1.165) is 16.9 Å². The zero-order valence-electron chi connectivity index (χ0n) is 14.7. The number of fused-ring (bicyclic) bond motifs is 1. The number of aromatic nitrogens is 2. The lowest BCUT2D eigenvalue weighted by molar-refractivity contribution is 0.102. The van der Waals surface area contributed by atoms with Crippen molar-refractivity contribution in [2.45, 2.75) is 23.7 Å². The van der Waals surface area contributed by atoms with E-state index in [1.54, 1.807) is 36.4 Å². The standard InChI is InChI=1S/C18H15ClN4O3S2/c1-11-10-13-4-2-3-5-15(13)23(11)28(25,26)18-22-21-17(27-18)20-16(24)12-6-8-14(19)9-7-12/h2-9,11H,10H2,1H3,(H,20,21,24)/t11-/m1/s1. The number of rotatable bonds is 4. The number of hydrogen-bond donors (Lipinski definition) is 1. The van der Waals surface area contributed by atoms with Crippen LogP contribution in [0.25, 0.3) is 0 Å². The molecule has 144 valence electrons. The molecule has 28 heavy (non-hydrogen) atoms. The molecule has 7 nitrogen and oxygen atoms in total. The summed E-state index contributed by atoms with van der Waals surface area (Å²) < 4.78 is 27.4. The summed E-state index contributed by atoms with van der Waals surface area (Å²) in [6, 6.07) is 13.5. The third-order valence-corrected chi connectivity index (χ3v) is 7.72. The Labute approximate surface area is 171 Å². The number of hydrogen-bond acceptors (Lipinski definition) is 6. The molecule has 0 radical (unpaired) electrons. The van der Waals surface area contributed by atoms with Gasteiger partial charge in [0.05, 0.1) is 5.69 Å². The number of para-hydroxylation sites is 1. The molecule has 0 aliphatic carbocycles. The van der Waals surface area contributed by atoms with Crippen LogP contribution in [0.3, 0.4) is 0 Å². The second kappa shape index (κ2) is 7.16. The van der Waals surface area contributed by atoms with Crippen LogP contribution in [0.5, 0.6) is 0 Å². The molecule has 1 N–H and O–H groups in total. The first-order valence-electron chi connectivity index (χ1n) is 8.39. The second-order valence-corrected chi connectivity index (χ2v) is 9.72. The van der Waals surface area contributed by atoms with Crippen molar-refractivity contribution in [3.05, 3.63) is 64.7 Å². The molecule has 0 saturated carbocycles. The van der Waals surface area contributed by atoms with Crippen LogP contribution in [-0.4, -0.2) is 30.6 Å². The van der Waals surface area contributed by atoms with Crippen LogP contribution in [0.15, 0.2) is 52.9 Å². The number of nitrogens with zero attached hydrogens (tertiary/aromatic N) is 3. The molecule has 0 spiro atoms. The molecule has 2 aromatic carbocycles. The summed E-state index contributed by atoms with van der Waals surface area (Å²) in [6.07, 6.45) is 0.633. The molecule has 0 unspecified atom stereocenters. The monoisotopic (exact) mass is 434 g/mol. The van der Waals surface area contributed by atoms with E-state index in [0.29, 0.717) is 22.7 Å². The van der Waals surface area contributed by atoms with E-state index in [9.17, 15) is 13.2 Å². The average Bonchev–Trinajstić information content (AvgIpc) is 3.26. The minimum Gasteiger partial charge on any atom is -0.296 e. The van der Waals surface area contributed by atoms with Crippen LogP contribution in [0.4, 0.5) is 10.8 Å². The van der Waals surface area contributed by atoms with Crippen LogP contribution in [0.1, 0.15) is 22.8 Å². The highest BCUT2D eigenvalue weighted by atomic mass is 35.5. The number of carbonyl (C=O) groups excluding carboxylic acids is 1. The third kappa shape index (κ3) is 3.36. The molecule has 4 rings (SSSR count). The van der Waals surface area contributed by atoms with Crippen molar-refractivity contribution in [2.24, 2.45) is 0 Å². The Balaban J connectivity index is 1.58. The van der Waals surface area contributed by atoms with E-state index in [2.05, 4.69) is 15.5 Å². The van der Waals surface area contributed by atoms with Crippen molar-refractivity contribution >= 4 is 49.7 Å². The fourth-order valence-electron chi connectivity index (χ4n) is 3.12. The number of benzene rings is 2. The number of anilines is 2. The summed E-state index contributed by atoms with van der Waals surface area (Å²) >= 11 is 6.64. The highest BCUT2D eigenvalue weighted by Gasteiger charge is 2.38. The first kappa shape index (κ1) is 18.9. The van der Waals surface area contributed by atoms with Crippen molar-refractivity contribution in [1.82, 2.24) is 10.2 Å². The zero-order chi connectivity index (χ0) is 19.9. The van der Waals surface area contributed by atoms with E-state index < -0.39 is 15.9 Å². The molecular formula is C18H15ClN4O3S2. The van der Waals surface area contributed by atoms with E-state index in [1.165, 1.54) is 4.31 Å². The smallest absolute Gasteiger partial charge is 0.293 e. The largest absolute Gasteiger partial charge is 0.296 e. The summed E-state index contributed by atoms with van der Waals surface area (Å²) in [5.74, 6) is -0.420. The molecule has 10 heteroatoms. The van der Waals surface area contributed by atoms with Gasteiger partial charge in [-0.1, -0.05) is 41.1 Å². The Morgan fingerprint density at radius 3 is 2.64 bits per heavy atom. The minimum absolute atomic E-state index is 0.110. The lowest BCUT2D eigenvalue weighted by atomic mass is 10.1. The third-order valence-electron chi connectivity index (χ3n) is 4.36. The van der Waals surface area contributed by atoms with Crippen LogP contribution in [0, 0.1) is 0 Å². The maximum atomic E-state index is 13.1. The highest BCUT2D eigenvalue weighted by molar-refractivity contribution is 7.94. The summed E-state index contributed by atoms with van der Waals surface area (Å²) in [6.45, 7) is 1.85. The Kier molecular flexibility index (Phi) is 4.82. The highest BCUT2D eigenvalue weighted by Crippen LogP contribution is 2.37. The van der Waals surface area contributed by atoms with Gasteiger partial charge in [0.15, 0.2) is 0 Å². The summed E-state index contributed by atoms with van der Waals surface area (Å²) in [7, 11) is -3.88. The van der Waals surface area contributed by atoms with Gasteiger partial charge in [-0.2, -0.15) is 8.42 Å². The van der Waals surface area contributed by atoms with Crippen molar-refractivity contribution in [1.29, 1.82) is 0 Å². The molecule has 2 heterocycles. The van der Waals surface area contributed by atoms with Crippen LogP contribution >= 0.6 is 22.9 Å². The number of amides is 1. The van der Waals surface area contributed by atoms with Crippen LogP contribution < -0.4 is 9.62 Å². The van der Waals surface area contributed by atoms with Gasteiger partial charge in [0.2, 0.25) is 5.13 Å². The molecule has 1 aliphatic heterocycles. The number of halogens is 1. The molecule has 1 aromatic heterocycles. The summed E-state index contributed by atoms with van der Waals surface area (Å²) in [5, 5.41) is 10.8. The number of carbonyl (C=O) groups is 1. The molecule has 0 saturated heterocycles. The summed E-state index contributed by atoms with van der Waals surface area (Å²) in [4.78, 5) is 12.3. The van der Waals surface area contributed by atoms with Crippen molar-refractivity contribution < 1.29 is 13.2 Å². The molecule has 0 bridgehead atoms. The number of sulfonamides is 1. The van der Waals surface area contributed by atoms with Crippen LogP contribution in [-0.2, 0) is 16.4 Å². The Morgan fingerprint density at radius 1 is 1.18 bits per heavy atom. The Hall–Kier alpha value is -2.49. The van der Waals surface area contributed by atoms with Gasteiger partial charge in [0.25, 0.3) is 20.3 Å². The van der Waals surface area contributed by atoms with E-state index in [-0.39, 0.29) is 15.5 Å². The van der Waals surface area contributed by atoms with E-state index in [1.807, 2.05) is 19.1 Å². The molecule has 1 amide bonds. The maximum absolute atomic E-state index is 13.1. The van der Waals surface area contributed by atoms with E-state index >= 15 is 0 Å². The van der Waals surface area contributed by atoms with Crippen molar-refractivity contribution in [2.75, 3.05) is 9.62 Å². The Bertz CT molecular complexity index is 1150. The van der Waals surface area contributed by atoms with Crippen molar-refractivity contribution in [3.8, 4) is 0 Å². The molecular weight excluding hydrogens is 420 g/mol. The van der Waals surface area contributed by atoms with Gasteiger partial charge in [-0.05, 0) is 49.2 Å².